The Morgan fingerprint density at radius 1 is 1.62 bits per heavy atom. The van der Waals surface area contributed by atoms with Crippen LogP contribution >= 0.6 is 11.3 Å². The van der Waals surface area contributed by atoms with Crippen LogP contribution in [0.3, 0.4) is 0 Å². The highest BCUT2D eigenvalue weighted by molar-refractivity contribution is 7.91. The van der Waals surface area contributed by atoms with Crippen LogP contribution in [0, 0.1) is 0 Å². The third kappa shape index (κ3) is 2.67. The fourth-order valence-corrected chi connectivity index (χ4v) is 2.77. The second-order valence-electron chi connectivity index (χ2n) is 3.02. The van der Waals surface area contributed by atoms with Gasteiger partial charge in [0, 0.05) is 11.1 Å². The van der Waals surface area contributed by atoms with E-state index in [1.165, 1.54) is 17.5 Å². The van der Waals surface area contributed by atoms with E-state index in [0.29, 0.717) is 10.0 Å². The summed E-state index contributed by atoms with van der Waals surface area (Å²) in [4.78, 5) is 4.49. The van der Waals surface area contributed by atoms with E-state index in [1.807, 2.05) is 0 Å². The molecule has 0 spiro atoms. The Kier molecular flexibility index (Phi) is 2.92. The van der Waals surface area contributed by atoms with Gasteiger partial charge >= 0.3 is 0 Å². The number of hydrogen-bond donors (Lipinski definition) is 1. The van der Waals surface area contributed by atoms with Crippen molar-refractivity contribution >= 4 is 26.3 Å². The summed E-state index contributed by atoms with van der Waals surface area (Å²) in [6, 6.07) is 0. The highest BCUT2D eigenvalue weighted by Crippen LogP contribution is 2.18. The number of nitrogen functional groups attached to an aromatic ring is 1. The van der Waals surface area contributed by atoms with Crippen LogP contribution in [0.4, 0.5) is 5.13 Å². The molecule has 0 saturated heterocycles. The molecule has 0 aromatic carbocycles. The molecular formula is C7H12N2O2S2. The Bertz CT molecular complexity index is 381. The molecule has 0 amide bonds. The summed E-state index contributed by atoms with van der Waals surface area (Å²) in [7, 11) is -3.02. The number of aromatic nitrogens is 1. The van der Waals surface area contributed by atoms with Gasteiger partial charge in [0.15, 0.2) is 15.0 Å². The van der Waals surface area contributed by atoms with Crippen LogP contribution in [0.2, 0.25) is 0 Å². The molecule has 0 aliphatic carbocycles. The lowest BCUT2D eigenvalue weighted by Gasteiger charge is -2.04. The Hall–Kier alpha value is -0.620. The maximum absolute atomic E-state index is 11.4. The largest absolute Gasteiger partial charge is 0.375 e. The second-order valence-corrected chi connectivity index (χ2v) is 6.72. The zero-order chi connectivity index (χ0) is 10.1. The summed E-state index contributed by atoms with van der Waals surface area (Å²) < 4.78 is 22.9. The Morgan fingerprint density at radius 2 is 2.23 bits per heavy atom. The minimum Gasteiger partial charge on any atom is -0.375 e. The van der Waals surface area contributed by atoms with E-state index in [4.69, 9.17) is 5.73 Å². The van der Waals surface area contributed by atoms with Crippen molar-refractivity contribution in [2.45, 2.75) is 24.9 Å². The first-order chi connectivity index (χ1) is 5.92. The third-order valence-electron chi connectivity index (χ3n) is 1.63. The first-order valence-corrected chi connectivity index (χ1v) is 6.37. The molecule has 0 atom stereocenters. The predicted molar refractivity (Wildman–Crippen MR) is 54.3 cm³/mol. The fraction of sp³-hybridized carbons (Fsp3) is 0.571. The predicted octanol–water partition coefficient (Wildman–Crippen LogP) is 1.05. The lowest BCUT2D eigenvalue weighted by molar-refractivity contribution is 0.587. The fourth-order valence-electron chi connectivity index (χ4n) is 0.754. The van der Waals surface area contributed by atoms with Gasteiger partial charge in [-0.25, -0.2) is 13.4 Å². The van der Waals surface area contributed by atoms with E-state index in [9.17, 15) is 8.42 Å². The van der Waals surface area contributed by atoms with Crippen LogP contribution in [0.15, 0.2) is 6.20 Å². The van der Waals surface area contributed by atoms with Gasteiger partial charge in [0.1, 0.15) is 0 Å². The molecular weight excluding hydrogens is 208 g/mol. The molecule has 0 bridgehead atoms. The monoisotopic (exact) mass is 220 g/mol. The first-order valence-electron chi connectivity index (χ1n) is 3.83. The van der Waals surface area contributed by atoms with Crippen molar-refractivity contribution in [1.82, 2.24) is 4.98 Å². The second kappa shape index (κ2) is 3.63. The van der Waals surface area contributed by atoms with Crippen LogP contribution < -0.4 is 5.73 Å². The molecule has 1 rings (SSSR count). The number of anilines is 1. The summed E-state index contributed by atoms with van der Waals surface area (Å²) in [5.41, 5.74) is 5.39. The Labute approximate surface area is 81.7 Å². The van der Waals surface area contributed by atoms with E-state index in [2.05, 4.69) is 4.98 Å². The Morgan fingerprint density at radius 3 is 2.62 bits per heavy atom. The molecule has 0 fully saturated rings. The van der Waals surface area contributed by atoms with Gasteiger partial charge < -0.3 is 5.73 Å². The van der Waals surface area contributed by atoms with Crippen molar-refractivity contribution in [3.63, 3.8) is 0 Å². The van der Waals surface area contributed by atoms with E-state index < -0.39 is 9.84 Å². The number of sulfone groups is 1. The van der Waals surface area contributed by atoms with Gasteiger partial charge in [0.2, 0.25) is 0 Å². The number of nitrogens with two attached hydrogens (primary N) is 1. The minimum atomic E-state index is -3.02. The quantitative estimate of drug-likeness (QED) is 0.826. The van der Waals surface area contributed by atoms with Crippen LogP contribution in [0.1, 0.15) is 18.7 Å². The number of rotatable bonds is 3. The summed E-state index contributed by atoms with van der Waals surface area (Å²) in [5.74, 6) is 0.0412. The van der Waals surface area contributed by atoms with Gasteiger partial charge in [-0.3, -0.25) is 0 Å². The molecule has 13 heavy (non-hydrogen) atoms. The SMILES string of the molecule is CC(C)S(=O)(=O)Cc1cnc(N)s1. The molecule has 6 heteroatoms. The smallest absolute Gasteiger partial charge is 0.180 e. The Balaban J connectivity index is 2.81. The minimum absolute atomic E-state index is 0.0412. The third-order valence-corrected chi connectivity index (χ3v) is 4.79. The average molecular weight is 220 g/mol. The molecule has 74 valence electrons. The highest BCUT2D eigenvalue weighted by Gasteiger charge is 2.17. The molecule has 0 aliphatic heterocycles. The molecule has 0 unspecified atom stereocenters. The van der Waals surface area contributed by atoms with Gasteiger partial charge in [-0.15, -0.1) is 11.3 Å². The zero-order valence-electron chi connectivity index (χ0n) is 7.52. The molecule has 1 aromatic heterocycles. The molecule has 4 nitrogen and oxygen atoms in total. The van der Waals surface area contributed by atoms with Crippen molar-refractivity contribution in [2.75, 3.05) is 5.73 Å². The normalized spacial score (nSPS) is 12.2. The number of thiazole rings is 1. The maximum atomic E-state index is 11.4. The van der Waals surface area contributed by atoms with Gasteiger partial charge in [0.05, 0.1) is 11.0 Å². The lowest BCUT2D eigenvalue weighted by Crippen LogP contribution is -2.15. The summed E-state index contributed by atoms with van der Waals surface area (Å²) in [6.45, 7) is 3.33. The summed E-state index contributed by atoms with van der Waals surface area (Å²) in [6.07, 6.45) is 1.51. The number of hydrogen-bond acceptors (Lipinski definition) is 5. The van der Waals surface area contributed by atoms with Gasteiger partial charge in [-0.05, 0) is 13.8 Å². The van der Waals surface area contributed by atoms with Crippen molar-refractivity contribution in [2.24, 2.45) is 0 Å². The van der Waals surface area contributed by atoms with E-state index in [0.717, 1.165) is 0 Å². The summed E-state index contributed by atoms with van der Waals surface area (Å²) >= 11 is 1.22. The number of nitrogens with zero attached hydrogens (tertiary/aromatic N) is 1. The standard InChI is InChI=1S/C7H12N2O2S2/c1-5(2)13(10,11)4-6-3-9-7(8)12-6/h3,5H,4H2,1-2H3,(H2,8,9). The van der Waals surface area contributed by atoms with Gasteiger partial charge in [0.25, 0.3) is 0 Å². The van der Waals surface area contributed by atoms with E-state index >= 15 is 0 Å². The van der Waals surface area contributed by atoms with Crippen LogP contribution in [0.5, 0.6) is 0 Å². The van der Waals surface area contributed by atoms with Gasteiger partial charge in [-0.2, -0.15) is 0 Å². The van der Waals surface area contributed by atoms with Crippen molar-refractivity contribution in [1.29, 1.82) is 0 Å². The van der Waals surface area contributed by atoms with Crippen LogP contribution in [0.25, 0.3) is 0 Å². The zero-order valence-corrected chi connectivity index (χ0v) is 9.15. The molecule has 1 heterocycles. The summed E-state index contributed by atoms with van der Waals surface area (Å²) in [5, 5.41) is 0.0600. The molecule has 0 saturated carbocycles. The van der Waals surface area contributed by atoms with Crippen molar-refractivity contribution < 1.29 is 8.42 Å². The first kappa shape index (κ1) is 10.5. The molecule has 2 N–H and O–H groups in total. The molecule has 0 aliphatic rings. The topological polar surface area (TPSA) is 73.0 Å². The van der Waals surface area contributed by atoms with E-state index in [1.54, 1.807) is 13.8 Å². The van der Waals surface area contributed by atoms with Crippen LogP contribution in [-0.4, -0.2) is 18.7 Å². The van der Waals surface area contributed by atoms with Crippen molar-refractivity contribution in [3.05, 3.63) is 11.1 Å². The van der Waals surface area contributed by atoms with Crippen molar-refractivity contribution in [3.8, 4) is 0 Å². The van der Waals surface area contributed by atoms with Gasteiger partial charge in [-0.1, -0.05) is 0 Å². The van der Waals surface area contributed by atoms with E-state index in [-0.39, 0.29) is 11.0 Å². The molecule has 0 radical (unpaired) electrons. The molecule has 1 aromatic rings. The lowest BCUT2D eigenvalue weighted by atomic mass is 10.6. The van der Waals surface area contributed by atoms with Crippen LogP contribution in [-0.2, 0) is 15.6 Å². The maximum Gasteiger partial charge on any atom is 0.180 e. The highest BCUT2D eigenvalue weighted by atomic mass is 32.2. The average Bonchev–Trinajstić information content (AvgIpc) is 2.34.